The Morgan fingerprint density at radius 2 is 1.88 bits per heavy atom. The number of fused-ring (bicyclic) bond motifs is 4. The molecule has 0 aromatic carbocycles. The van der Waals surface area contributed by atoms with Gasteiger partial charge in [-0.1, -0.05) is 6.08 Å². The number of rotatable bonds is 4. The lowest BCUT2D eigenvalue weighted by Crippen LogP contribution is -2.69. The maximum absolute atomic E-state index is 11.9. The van der Waals surface area contributed by atoms with Crippen molar-refractivity contribution in [2.75, 3.05) is 51.6 Å². The Kier molecular flexibility index (Phi) is 7.44. The molecule has 1 amide bonds. The number of hydrogen-bond donors (Lipinski definition) is 1. The zero-order valence-corrected chi connectivity index (χ0v) is 19.8. The molecule has 2 N–H and O–H groups in total. The predicted molar refractivity (Wildman–Crippen MR) is 119 cm³/mol. The average molecular weight is 606 g/mol. The number of thioether (sulfide) groups is 1. The van der Waals surface area contributed by atoms with Crippen LogP contribution in [0.3, 0.4) is 0 Å². The highest BCUT2D eigenvalue weighted by Crippen LogP contribution is 2.39. The maximum Gasteiger partial charge on any atom is 0.248 e. The highest BCUT2D eigenvalue weighted by Gasteiger charge is 2.50. The number of amides is 1. The minimum atomic E-state index is -1.29. The molecule has 5 aliphatic heterocycles. The van der Waals surface area contributed by atoms with Crippen LogP contribution in [0, 0.1) is 0 Å². The number of carboxylic acids is 1. The number of hydrogen-bond acceptors (Lipinski definition) is 6. The van der Waals surface area contributed by atoms with Crippen molar-refractivity contribution in [2.45, 2.75) is 11.4 Å². The topological polar surface area (TPSA) is 89.7 Å². The van der Waals surface area contributed by atoms with Gasteiger partial charge in [0.1, 0.15) is 11.4 Å². The first-order valence-electron chi connectivity index (χ1n) is 8.39. The summed E-state index contributed by atoms with van der Waals surface area (Å²) in [6, 6.07) is -0.599. The van der Waals surface area contributed by atoms with E-state index in [9.17, 15) is 14.7 Å². The Labute approximate surface area is 191 Å². The van der Waals surface area contributed by atoms with Gasteiger partial charge in [-0.3, -0.25) is 14.6 Å². The van der Waals surface area contributed by atoms with E-state index in [1.807, 2.05) is 6.08 Å². The van der Waals surface area contributed by atoms with Crippen LogP contribution >= 0.6 is 59.7 Å². The van der Waals surface area contributed by atoms with Crippen LogP contribution in [0.5, 0.6) is 0 Å². The minimum absolute atomic E-state index is 0. The van der Waals surface area contributed by atoms with E-state index in [0.29, 0.717) is 11.3 Å². The predicted octanol–water partition coefficient (Wildman–Crippen LogP) is -0.829. The van der Waals surface area contributed by atoms with Gasteiger partial charge in [0, 0.05) is 25.4 Å². The first-order chi connectivity index (χ1) is 11.5. The van der Waals surface area contributed by atoms with Crippen LogP contribution in [0.25, 0.3) is 0 Å². The SMILES string of the molecule is I.I.N[C@@H]1C(=O)N2C(C(=O)[O-])=C(C=CC[N+]34CCN(CC3)CC4)CS[C@H]12. The number of carboxylic acid groups (broad SMARTS) is 1. The van der Waals surface area contributed by atoms with Crippen molar-refractivity contribution in [3.63, 3.8) is 0 Å². The number of quaternary nitrogens is 1. The molecule has 0 aromatic rings. The molecule has 0 aromatic heterocycles. The summed E-state index contributed by atoms with van der Waals surface area (Å²) in [4.78, 5) is 27.2. The molecule has 10 heteroatoms. The van der Waals surface area contributed by atoms with Crippen LogP contribution in [-0.4, -0.2) is 89.1 Å². The summed E-state index contributed by atoms with van der Waals surface area (Å²) in [5.41, 5.74) is 6.41. The third-order valence-electron chi connectivity index (χ3n) is 5.72. The van der Waals surface area contributed by atoms with Crippen molar-refractivity contribution in [3.8, 4) is 0 Å². The molecule has 0 unspecified atom stereocenters. The molecule has 4 saturated heterocycles. The smallest absolute Gasteiger partial charge is 0.248 e. The van der Waals surface area contributed by atoms with E-state index in [-0.39, 0.29) is 64.9 Å². The van der Waals surface area contributed by atoms with Gasteiger partial charge in [-0.25, -0.2) is 0 Å². The lowest BCUT2D eigenvalue weighted by Gasteiger charge is -2.50. The lowest BCUT2D eigenvalue weighted by molar-refractivity contribution is -0.935. The second-order valence-corrected chi connectivity index (χ2v) is 8.14. The molecule has 0 radical (unpaired) electrons. The molecule has 2 bridgehead atoms. The van der Waals surface area contributed by atoms with E-state index in [2.05, 4.69) is 11.0 Å². The second kappa shape index (κ2) is 8.64. The summed E-state index contributed by atoms with van der Waals surface area (Å²) in [6.07, 6.45) is 3.95. The summed E-state index contributed by atoms with van der Waals surface area (Å²) in [6.45, 7) is 7.85. The summed E-state index contributed by atoms with van der Waals surface area (Å²) in [7, 11) is 0. The maximum atomic E-state index is 11.9. The molecule has 5 rings (SSSR count). The molecule has 5 aliphatic rings. The fourth-order valence-corrected chi connectivity index (χ4v) is 5.35. The van der Waals surface area contributed by atoms with Crippen LogP contribution in [0.1, 0.15) is 0 Å². The lowest BCUT2D eigenvalue weighted by atomic mass is 10.0. The van der Waals surface area contributed by atoms with Gasteiger partial charge >= 0.3 is 0 Å². The second-order valence-electron chi connectivity index (χ2n) is 7.04. The van der Waals surface area contributed by atoms with Gasteiger partial charge in [0.15, 0.2) is 0 Å². The largest absolute Gasteiger partial charge is 0.543 e. The van der Waals surface area contributed by atoms with Gasteiger partial charge in [-0.2, -0.15) is 0 Å². The molecule has 4 fully saturated rings. The van der Waals surface area contributed by atoms with Crippen LogP contribution in [0.2, 0.25) is 0 Å². The van der Waals surface area contributed by atoms with Gasteiger partial charge < -0.3 is 20.1 Å². The average Bonchev–Trinajstić information content (AvgIpc) is 2.61. The number of halogens is 2. The van der Waals surface area contributed by atoms with E-state index < -0.39 is 12.0 Å². The Morgan fingerprint density at radius 3 is 2.46 bits per heavy atom. The quantitative estimate of drug-likeness (QED) is 0.256. The van der Waals surface area contributed by atoms with Crippen molar-refractivity contribution in [3.05, 3.63) is 23.4 Å². The number of nitrogens with two attached hydrogens (primary N) is 1. The van der Waals surface area contributed by atoms with Gasteiger partial charge in [0.05, 0.1) is 37.8 Å². The molecular formula is C16H24I2N4O3S. The number of allylic oxidation sites excluding steroid dienone is 1. The minimum Gasteiger partial charge on any atom is -0.543 e. The highest BCUT2D eigenvalue weighted by molar-refractivity contribution is 14.0. The summed E-state index contributed by atoms with van der Waals surface area (Å²) in [5, 5.41) is 11.3. The van der Waals surface area contributed by atoms with Gasteiger partial charge in [0.25, 0.3) is 0 Å². The number of piperazine rings is 3. The van der Waals surface area contributed by atoms with Crippen LogP contribution < -0.4 is 10.8 Å². The molecule has 2 atom stereocenters. The van der Waals surface area contributed by atoms with E-state index in [0.717, 1.165) is 50.3 Å². The van der Waals surface area contributed by atoms with Crippen molar-refractivity contribution < 1.29 is 19.2 Å². The first-order valence-corrected chi connectivity index (χ1v) is 9.44. The Hall–Kier alpha value is 0.110. The Balaban J connectivity index is 0.00000121. The van der Waals surface area contributed by atoms with E-state index >= 15 is 0 Å². The summed E-state index contributed by atoms with van der Waals surface area (Å²) >= 11 is 1.52. The third kappa shape index (κ3) is 3.81. The van der Waals surface area contributed by atoms with Crippen molar-refractivity contribution in [1.82, 2.24) is 9.80 Å². The molecular weight excluding hydrogens is 582 g/mol. The van der Waals surface area contributed by atoms with Crippen LogP contribution in [0.15, 0.2) is 23.4 Å². The number of nitrogens with zero attached hydrogens (tertiary/aromatic N) is 3. The van der Waals surface area contributed by atoms with Gasteiger partial charge in [0.2, 0.25) is 5.91 Å². The number of β-lactam (4-membered cyclic amide) rings is 1. The zero-order valence-electron chi connectivity index (χ0n) is 14.3. The number of aliphatic carboxylic acids is 1. The third-order valence-corrected chi connectivity index (χ3v) is 7.04. The summed E-state index contributed by atoms with van der Waals surface area (Å²) in [5.74, 6) is -1.07. The zero-order chi connectivity index (χ0) is 16.9. The first kappa shape index (κ1) is 22.4. The van der Waals surface area contributed by atoms with Gasteiger partial charge in [-0.15, -0.1) is 59.7 Å². The van der Waals surface area contributed by atoms with Crippen molar-refractivity contribution >= 4 is 71.6 Å². The Bertz CT molecular complexity index is 636. The van der Waals surface area contributed by atoms with Crippen LogP contribution in [0.4, 0.5) is 0 Å². The molecule has 5 heterocycles. The summed E-state index contributed by atoms with van der Waals surface area (Å²) < 4.78 is 1.09. The van der Waals surface area contributed by atoms with E-state index in [1.54, 1.807) is 0 Å². The molecule has 0 saturated carbocycles. The van der Waals surface area contributed by atoms with Crippen molar-refractivity contribution in [2.24, 2.45) is 5.73 Å². The number of carbonyl (C=O) groups is 2. The molecule has 0 aliphatic carbocycles. The standard InChI is InChI=1S/C16H22N4O3S.2HI/c17-12-14(21)19-13(16(22)23)11(10-24-15(12)19)2-1-6-20-7-3-18(4-8-20)5-9-20;;/h1-2,12,15H,3-10,17H2;2*1H/t12-,15-;;/m1../s1. The van der Waals surface area contributed by atoms with E-state index in [1.165, 1.54) is 16.7 Å². The molecule has 0 spiro atoms. The van der Waals surface area contributed by atoms with Crippen LogP contribution in [-0.2, 0) is 9.59 Å². The fraction of sp³-hybridized carbons (Fsp3) is 0.625. The highest BCUT2D eigenvalue weighted by atomic mass is 127. The fourth-order valence-electron chi connectivity index (χ4n) is 4.08. The van der Waals surface area contributed by atoms with Gasteiger partial charge in [-0.05, 0) is 11.6 Å². The molecule has 26 heavy (non-hydrogen) atoms. The Morgan fingerprint density at radius 1 is 1.27 bits per heavy atom. The molecule has 7 nitrogen and oxygen atoms in total. The molecule has 146 valence electrons. The number of carbonyl (C=O) groups excluding carboxylic acids is 2. The van der Waals surface area contributed by atoms with E-state index in [4.69, 9.17) is 5.73 Å². The monoisotopic (exact) mass is 606 g/mol. The normalized spacial score (nSPS) is 35.5. The van der Waals surface area contributed by atoms with Crippen molar-refractivity contribution in [1.29, 1.82) is 0 Å².